The van der Waals surface area contributed by atoms with Crippen LogP contribution in [0, 0.1) is 0 Å². The van der Waals surface area contributed by atoms with Crippen LogP contribution in [0.3, 0.4) is 0 Å². The summed E-state index contributed by atoms with van der Waals surface area (Å²) < 4.78 is 69.0. The molecular formula is C13H8ClF5N4O2. The molecule has 0 aliphatic rings. The molecule has 6 nitrogen and oxygen atoms in total. The Bertz CT molecular complexity index is 772. The number of halogens is 6. The van der Waals surface area contributed by atoms with Crippen LogP contribution >= 0.6 is 11.6 Å². The van der Waals surface area contributed by atoms with Crippen molar-refractivity contribution in [3.8, 4) is 5.88 Å². The van der Waals surface area contributed by atoms with Crippen LogP contribution in [0.5, 0.6) is 5.88 Å². The predicted molar refractivity (Wildman–Crippen MR) is 76.2 cm³/mol. The molecular weight excluding hydrogens is 375 g/mol. The van der Waals surface area contributed by atoms with E-state index in [-0.39, 0.29) is 10.8 Å². The van der Waals surface area contributed by atoms with Crippen molar-refractivity contribution in [1.29, 1.82) is 0 Å². The number of aromatic nitrogens is 2. The highest BCUT2D eigenvalue weighted by molar-refractivity contribution is 6.29. The third-order valence-corrected chi connectivity index (χ3v) is 2.75. The molecule has 2 N–H and O–H groups in total. The second-order valence-electron chi connectivity index (χ2n) is 4.46. The summed E-state index contributed by atoms with van der Waals surface area (Å²) in [6, 6.07) is 2.84. The summed E-state index contributed by atoms with van der Waals surface area (Å²) in [5, 5.41) is 2.81. The molecule has 0 aliphatic carbocycles. The molecule has 2 rings (SSSR count). The number of urea groups is 1. The van der Waals surface area contributed by atoms with Crippen molar-refractivity contribution < 1.29 is 31.5 Å². The van der Waals surface area contributed by atoms with Crippen LogP contribution in [0.1, 0.15) is 5.56 Å². The minimum absolute atomic E-state index is 0.172. The average Bonchev–Trinajstić information content (AvgIpc) is 2.45. The van der Waals surface area contributed by atoms with Crippen LogP contribution in [0.25, 0.3) is 0 Å². The van der Waals surface area contributed by atoms with Gasteiger partial charge in [-0.05, 0) is 18.2 Å². The third-order valence-electron chi connectivity index (χ3n) is 2.55. The number of alkyl halides is 5. The highest BCUT2D eigenvalue weighted by atomic mass is 35.5. The lowest BCUT2D eigenvalue weighted by molar-refractivity contribution is -0.191. The maximum Gasteiger partial charge on any atom is 0.499 e. The lowest BCUT2D eigenvalue weighted by Gasteiger charge is -2.18. The normalized spacial score (nSPS) is 11.8. The first-order chi connectivity index (χ1) is 11.5. The van der Waals surface area contributed by atoms with E-state index in [9.17, 15) is 26.7 Å². The largest absolute Gasteiger partial charge is 0.499 e. The first-order valence-corrected chi connectivity index (χ1v) is 6.74. The monoisotopic (exact) mass is 382 g/mol. The number of hydrogen-bond donors (Lipinski definition) is 2. The van der Waals surface area contributed by atoms with Crippen LogP contribution in [0.2, 0.25) is 5.15 Å². The van der Waals surface area contributed by atoms with Crippen LogP contribution < -0.4 is 15.4 Å². The molecule has 2 aromatic rings. The van der Waals surface area contributed by atoms with Gasteiger partial charge in [0.1, 0.15) is 11.5 Å². The van der Waals surface area contributed by atoms with E-state index in [0.29, 0.717) is 6.07 Å². The second kappa shape index (κ2) is 7.05. The van der Waals surface area contributed by atoms with E-state index in [4.69, 9.17) is 11.6 Å². The number of anilines is 1. The van der Waals surface area contributed by atoms with Gasteiger partial charge in [0, 0.05) is 11.8 Å². The van der Waals surface area contributed by atoms with Gasteiger partial charge in [-0.25, -0.2) is 20.1 Å². The molecule has 12 heteroatoms. The number of nitrogens with zero attached hydrogens (tertiary/aromatic N) is 2. The fourth-order valence-electron chi connectivity index (χ4n) is 1.60. The fraction of sp³-hybridized carbons (Fsp3) is 0.154. The molecule has 0 saturated carbocycles. The number of benzene rings is 1. The van der Waals surface area contributed by atoms with Crippen molar-refractivity contribution in [3.63, 3.8) is 0 Å². The number of amides is 2. The summed E-state index contributed by atoms with van der Waals surface area (Å²) >= 11 is 5.47. The summed E-state index contributed by atoms with van der Waals surface area (Å²) in [7, 11) is 0. The zero-order valence-corrected chi connectivity index (χ0v) is 12.7. The number of rotatable bonds is 4. The van der Waals surface area contributed by atoms with Gasteiger partial charge in [0.2, 0.25) is 5.88 Å². The Kier molecular flexibility index (Phi) is 5.26. The molecule has 2 amide bonds. The van der Waals surface area contributed by atoms with Gasteiger partial charge in [-0.15, -0.1) is 8.78 Å². The number of ether oxygens (including phenoxy) is 1. The van der Waals surface area contributed by atoms with Gasteiger partial charge >= 0.3 is 18.4 Å². The Balaban J connectivity index is 2.01. The Morgan fingerprint density at radius 2 is 1.84 bits per heavy atom. The number of hydrogen-bond acceptors (Lipinski definition) is 4. The second-order valence-corrected chi connectivity index (χ2v) is 4.84. The summed E-state index contributed by atoms with van der Waals surface area (Å²) in [6.07, 6.45) is -7.99. The Morgan fingerprint density at radius 1 is 1.12 bits per heavy atom. The van der Waals surface area contributed by atoms with E-state index in [1.807, 2.05) is 5.32 Å². The topological polar surface area (TPSA) is 76.1 Å². The van der Waals surface area contributed by atoms with Gasteiger partial charge in [0.05, 0.1) is 5.56 Å². The number of nitrogens with one attached hydrogen (secondary N) is 2. The van der Waals surface area contributed by atoms with Crippen LogP contribution in [-0.2, 0) is 6.18 Å². The molecule has 0 spiro atoms. The number of carbonyl (C=O) groups excluding carboxylic acids is 1. The van der Waals surface area contributed by atoms with E-state index in [0.717, 1.165) is 35.9 Å². The molecule has 1 aromatic heterocycles. The quantitative estimate of drug-likeness (QED) is 0.364. The van der Waals surface area contributed by atoms with Gasteiger partial charge in [-0.1, -0.05) is 17.7 Å². The van der Waals surface area contributed by atoms with Crippen LogP contribution in [-0.4, -0.2) is 22.2 Å². The van der Waals surface area contributed by atoms with Crippen molar-refractivity contribution >= 4 is 23.3 Å². The van der Waals surface area contributed by atoms with Crippen LogP contribution in [0.15, 0.2) is 36.7 Å². The standard InChI is InChI=1S/C13H8ClF5N4O2/c14-9-5-10(21-6-20-9)25-13(18,19)23-11(24)22-8-3-1-2-7(4-8)12(15,16)17/h1-6H,(H2,22,23,24). The lowest BCUT2D eigenvalue weighted by Crippen LogP contribution is -2.47. The maximum atomic E-state index is 13.6. The molecule has 25 heavy (non-hydrogen) atoms. The number of carbonyl (C=O) groups is 1. The van der Waals surface area contributed by atoms with Crippen molar-refractivity contribution in [1.82, 2.24) is 15.3 Å². The SMILES string of the molecule is O=C(Nc1cccc(C(F)(F)F)c1)NC(F)(F)Oc1cc(Cl)ncn1. The van der Waals surface area contributed by atoms with Crippen molar-refractivity contribution in [2.75, 3.05) is 5.32 Å². The highest BCUT2D eigenvalue weighted by Crippen LogP contribution is 2.30. The lowest BCUT2D eigenvalue weighted by atomic mass is 10.2. The molecule has 0 radical (unpaired) electrons. The van der Waals surface area contributed by atoms with E-state index in [1.165, 1.54) is 0 Å². The molecule has 0 fully saturated rings. The fourth-order valence-corrected chi connectivity index (χ4v) is 1.73. The van der Waals surface area contributed by atoms with Gasteiger partial charge in [-0.2, -0.15) is 13.2 Å². The molecule has 0 saturated heterocycles. The van der Waals surface area contributed by atoms with E-state index in [2.05, 4.69) is 14.7 Å². The molecule has 0 aliphatic heterocycles. The maximum absolute atomic E-state index is 13.6. The van der Waals surface area contributed by atoms with E-state index < -0.39 is 29.9 Å². The molecule has 1 aromatic carbocycles. The Labute approximate surface area is 142 Å². The molecule has 0 atom stereocenters. The first kappa shape index (κ1) is 18.6. The Hall–Kier alpha value is -2.69. The molecule has 1 heterocycles. The summed E-state index contributed by atoms with van der Waals surface area (Å²) in [5.41, 5.74) is -1.39. The highest BCUT2D eigenvalue weighted by Gasteiger charge is 2.35. The van der Waals surface area contributed by atoms with Crippen molar-refractivity contribution in [2.45, 2.75) is 12.4 Å². The zero-order chi connectivity index (χ0) is 18.7. The summed E-state index contributed by atoms with van der Waals surface area (Å²) in [5.74, 6) is -0.621. The molecule has 0 bridgehead atoms. The zero-order valence-electron chi connectivity index (χ0n) is 11.9. The van der Waals surface area contributed by atoms with Gasteiger partial charge in [-0.3, -0.25) is 0 Å². The first-order valence-electron chi connectivity index (χ1n) is 6.36. The third kappa shape index (κ3) is 5.71. The molecule has 0 unspecified atom stereocenters. The summed E-state index contributed by atoms with van der Waals surface area (Å²) in [4.78, 5) is 18.3. The van der Waals surface area contributed by atoms with Crippen molar-refractivity contribution in [2.24, 2.45) is 0 Å². The van der Waals surface area contributed by atoms with Gasteiger partial charge < -0.3 is 10.1 Å². The van der Waals surface area contributed by atoms with Gasteiger partial charge in [0.25, 0.3) is 0 Å². The minimum Gasteiger partial charge on any atom is -0.397 e. The van der Waals surface area contributed by atoms with Gasteiger partial charge in [0.15, 0.2) is 0 Å². The smallest absolute Gasteiger partial charge is 0.397 e. The van der Waals surface area contributed by atoms with Crippen molar-refractivity contribution in [3.05, 3.63) is 47.4 Å². The van der Waals surface area contributed by atoms with Crippen LogP contribution in [0.4, 0.5) is 32.4 Å². The Morgan fingerprint density at radius 3 is 2.48 bits per heavy atom. The van der Waals surface area contributed by atoms with E-state index in [1.54, 1.807) is 0 Å². The summed E-state index contributed by atoms with van der Waals surface area (Å²) in [6.45, 7) is 0. The average molecular weight is 383 g/mol. The van der Waals surface area contributed by atoms with E-state index >= 15 is 0 Å². The predicted octanol–water partition coefficient (Wildman–Crippen LogP) is 3.90. The molecule has 134 valence electrons. The minimum atomic E-state index is -4.65.